The molecule has 1 N–H and O–H groups in total. The molecular formula is C19H20N4O. The largest absolute Gasteiger partial charge is 0.322 e. The molecule has 2 aromatic rings. The first kappa shape index (κ1) is 14.9. The van der Waals surface area contributed by atoms with Crippen LogP contribution in [0.25, 0.3) is 5.69 Å². The minimum absolute atomic E-state index is 0.0775. The summed E-state index contributed by atoms with van der Waals surface area (Å²) in [5.41, 5.74) is 5.67. The Morgan fingerprint density at radius 2 is 1.96 bits per heavy atom. The normalized spacial score (nSPS) is 16.8. The van der Waals surface area contributed by atoms with Crippen LogP contribution in [0.4, 0.5) is 5.69 Å². The number of nitrogens with one attached hydrogen (secondary N) is 1. The molecule has 1 aromatic carbocycles. The van der Waals surface area contributed by atoms with Crippen molar-refractivity contribution in [3.8, 4) is 5.69 Å². The van der Waals surface area contributed by atoms with Gasteiger partial charge in [0.2, 0.25) is 0 Å². The van der Waals surface area contributed by atoms with Crippen LogP contribution < -0.4 is 5.32 Å². The van der Waals surface area contributed by atoms with Gasteiger partial charge >= 0.3 is 0 Å². The molecule has 0 bridgehead atoms. The number of amides is 1. The average Bonchev–Trinajstić information content (AvgIpc) is 3.21. The number of aryl methyl sites for hydroxylation is 1. The van der Waals surface area contributed by atoms with Crippen LogP contribution in [0.5, 0.6) is 0 Å². The Bertz CT molecular complexity index is 854. The second kappa shape index (κ2) is 5.74. The summed E-state index contributed by atoms with van der Waals surface area (Å²) in [5.74, 6) is 0.564. The Hall–Kier alpha value is -2.69. The summed E-state index contributed by atoms with van der Waals surface area (Å²) in [6.07, 6.45) is 4.87. The second-order valence-corrected chi connectivity index (χ2v) is 6.48. The maximum absolute atomic E-state index is 12.3. The fourth-order valence-electron chi connectivity index (χ4n) is 3.05. The first-order valence-corrected chi connectivity index (χ1v) is 8.32. The van der Waals surface area contributed by atoms with E-state index in [0.29, 0.717) is 12.3 Å². The van der Waals surface area contributed by atoms with Crippen LogP contribution >= 0.6 is 0 Å². The number of allylic oxidation sites excluding steroid dienone is 1. The van der Waals surface area contributed by atoms with E-state index in [0.717, 1.165) is 28.3 Å². The highest BCUT2D eigenvalue weighted by molar-refractivity contribution is 6.07. The summed E-state index contributed by atoms with van der Waals surface area (Å²) in [7, 11) is 0. The number of hydrogen-bond acceptors (Lipinski definition) is 3. The van der Waals surface area contributed by atoms with Gasteiger partial charge in [-0.3, -0.25) is 9.79 Å². The predicted octanol–water partition coefficient (Wildman–Crippen LogP) is 3.75. The molecule has 1 aliphatic carbocycles. The number of carbonyl (C=O) groups excluding carboxylic acids is 1. The summed E-state index contributed by atoms with van der Waals surface area (Å²) < 4.78 is 2.02. The van der Waals surface area contributed by atoms with E-state index < -0.39 is 0 Å². The lowest BCUT2D eigenvalue weighted by Crippen LogP contribution is -2.14. The van der Waals surface area contributed by atoms with Crippen LogP contribution in [0.1, 0.15) is 43.5 Å². The van der Waals surface area contributed by atoms with Crippen molar-refractivity contribution >= 4 is 17.8 Å². The lowest BCUT2D eigenvalue weighted by molar-refractivity contribution is -0.112. The van der Waals surface area contributed by atoms with Crippen molar-refractivity contribution in [3.63, 3.8) is 0 Å². The van der Waals surface area contributed by atoms with Gasteiger partial charge in [-0.2, -0.15) is 5.10 Å². The Balaban J connectivity index is 1.53. The molecule has 24 heavy (non-hydrogen) atoms. The van der Waals surface area contributed by atoms with Gasteiger partial charge in [-0.05, 0) is 57.0 Å². The molecule has 1 amide bonds. The van der Waals surface area contributed by atoms with Crippen LogP contribution in [0.2, 0.25) is 0 Å². The zero-order chi connectivity index (χ0) is 16.7. The third-order valence-electron chi connectivity index (χ3n) is 4.52. The number of hydrogen-bond donors (Lipinski definition) is 1. The monoisotopic (exact) mass is 320 g/mol. The maximum Gasteiger partial charge on any atom is 0.253 e. The number of anilines is 1. The minimum Gasteiger partial charge on any atom is -0.322 e. The zero-order valence-corrected chi connectivity index (χ0v) is 13.9. The van der Waals surface area contributed by atoms with E-state index in [9.17, 15) is 4.79 Å². The van der Waals surface area contributed by atoms with E-state index in [4.69, 9.17) is 0 Å². The number of carbonyl (C=O) groups is 1. The fourth-order valence-corrected chi connectivity index (χ4v) is 3.05. The van der Waals surface area contributed by atoms with Crippen molar-refractivity contribution < 1.29 is 4.79 Å². The first-order chi connectivity index (χ1) is 11.6. The average molecular weight is 320 g/mol. The molecule has 1 aromatic heterocycles. The molecule has 2 heterocycles. The van der Waals surface area contributed by atoms with E-state index in [2.05, 4.69) is 21.5 Å². The van der Waals surface area contributed by atoms with Crippen molar-refractivity contribution in [2.24, 2.45) is 4.99 Å². The molecule has 122 valence electrons. The topological polar surface area (TPSA) is 59.3 Å². The van der Waals surface area contributed by atoms with Gasteiger partial charge in [0.05, 0.1) is 11.4 Å². The van der Waals surface area contributed by atoms with Crippen molar-refractivity contribution in [1.29, 1.82) is 0 Å². The Kier molecular flexibility index (Phi) is 3.56. The molecule has 4 rings (SSSR count). The molecule has 0 saturated heterocycles. The van der Waals surface area contributed by atoms with E-state index in [1.54, 1.807) is 6.21 Å². The van der Waals surface area contributed by atoms with Crippen LogP contribution in [0.15, 0.2) is 46.6 Å². The highest BCUT2D eigenvalue weighted by atomic mass is 16.1. The SMILES string of the molecule is CC1=C(C(=O)Nc2ccc(-n3nc(C)cc3C3CC3)cc2)CC=N1. The summed E-state index contributed by atoms with van der Waals surface area (Å²) in [4.78, 5) is 16.4. The molecule has 2 aliphatic rings. The number of aromatic nitrogens is 2. The van der Waals surface area contributed by atoms with Crippen molar-refractivity contribution in [2.45, 2.75) is 39.0 Å². The molecule has 1 aliphatic heterocycles. The van der Waals surface area contributed by atoms with Crippen molar-refractivity contribution in [2.75, 3.05) is 5.32 Å². The fraction of sp³-hybridized carbons (Fsp3) is 0.316. The summed E-state index contributed by atoms with van der Waals surface area (Å²) >= 11 is 0. The predicted molar refractivity (Wildman–Crippen MR) is 94.7 cm³/mol. The Morgan fingerprint density at radius 3 is 2.58 bits per heavy atom. The molecular weight excluding hydrogens is 300 g/mol. The number of benzene rings is 1. The van der Waals surface area contributed by atoms with Crippen LogP contribution in [-0.4, -0.2) is 21.9 Å². The second-order valence-electron chi connectivity index (χ2n) is 6.48. The third kappa shape index (κ3) is 2.77. The molecule has 0 radical (unpaired) electrons. The minimum atomic E-state index is -0.0775. The van der Waals surface area contributed by atoms with Gasteiger partial charge in [-0.25, -0.2) is 4.68 Å². The molecule has 0 spiro atoms. The van der Waals surface area contributed by atoms with Gasteiger partial charge in [0, 0.05) is 41.2 Å². The van der Waals surface area contributed by atoms with E-state index >= 15 is 0 Å². The molecule has 1 saturated carbocycles. The third-order valence-corrected chi connectivity index (χ3v) is 4.52. The summed E-state index contributed by atoms with van der Waals surface area (Å²) in [5, 5.41) is 7.55. The van der Waals surface area contributed by atoms with E-state index in [1.165, 1.54) is 18.5 Å². The van der Waals surface area contributed by atoms with Crippen LogP contribution in [0, 0.1) is 6.92 Å². The standard InChI is InChI=1S/C19H20N4O/c1-12-11-18(14-3-4-14)23(22-12)16-7-5-15(6-8-16)21-19(24)17-9-10-20-13(17)2/h5-8,10-11,14H,3-4,9H2,1-2H3,(H,21,24). The highest BCUT2D eigenvalue weighted by Crippen LogP contribution is 2.41. The van der Waals surface area contributed by atoms with Gasteiger partial charge < -0.3 is 5.32 Å². The van der Waals surface area contributed by atoms with Gasteiger partial charge in [0.25, 0.3) is 5.91 Å². The zero-order valence-electron chi connectivity index (χ0n) is 13.9. The molecule has 5 heteroatoms. The molecule has 0 unspecified atom stereocenters. The molecule has 1 fully saturated rings. The van der Waals surface area contributed by atoms with Crippen LogP contribution in [0.3, 0.4) is 0 Å². The Labute approximate surface area is 141 Å². The van der Waals surface area contributed by atoms with Gasteiger partial charge in [0.1, 0.15) is 0 Å². The number of nitrogens with zero attached hydrogens (tertiary/aromatic N) is 3. The van der Waals surface area contributed by atoms with Gasteiger partial charge in [0.15, 0.2) is 0 Å². The quantitative estimate of drug-likeness (QED) is 0.933. The summed E-state index contributed by atoms with van der Waals surface area (Å²) in [6, 6.07) is 10.0. The van der Waals surface area contributed by atoms with Gasteiger partial charge in [-0.1, -0.05) is 0 Å². The van der Waals surface area contributed by atoms with E-state index in [1.807, 2.05) is 42.8 Å². The van der Waals surface area contributed by atoms with Crippen molar-refractivity contribution in [1.82, 2.24) is 9.78 Å². The summed E-state index contributed by atoms with van der Waals surface area (Å²) in [6.45, 7) is 3.89. The smallest absolute Gasteiger partial charge is 0.253 e. The highest BCUT2D eigenvalue weighted by Gasteiger charge is 2.28. The molecule has 0 atom stereocenters. The lowest BCUT2D eigenvalue weighted by Gasteiger charge is -2.09. The maximum atomic E-state index is 12.3. The Morgan fingerprint density at radius 1 is 1.21 bits per heavy atom. The first-order valence-electron chi connectivity index (χ1n) is 8.32. The number of rotatable bonds is 4. The lowest BCUT2D eigenvalue weighted by atomic mass is 10.1. The number of aliphatic imine (C=N–C) groups is 1. The van der Waals surface area contributed by atoms with E-state index in [-0.39, 0.29) is 5.91 Å². The van der Waals surface area contributed by atoms with Crippen molar-refractivity contribution in [3.05, 3.63) is 53.0 Å². The van der Waals surface area contributed by atoms with Gasteiger partial charge in [-0.15, -0.1) is 0 Å². The van der Waals surface area contributed by atoms with Crippen LogP contribution in [-0.2, 0) is 4.79 Å². The molecule has 5 nitrogen and oxygen atoms in total.